The van der Waals surface area contributed by atoms with Crippen LogP contribution in [-0.4, -0.2) is 50.1 Å². The van der Waals surface area contributed by atoms with Crippen molar-refractivity contribution in [3.05, 3.63) is 77.4 Å². The summed E-state index contributed by atoms with van der Waals surface area (Å²) in [6, 6.07) is 20.9. The summed E-state index contributed by atoms with van der Waals surface area (Å²) in [7, 11) is 1.61. The molecule has 0 atom stereocenters. The van der Waals surface area contributed by atoms with Crippen molar-refractivity contribution in [2.45, 2.75) is 32.0 Å². The standard InChI is InChI=1S/C27H34N4O2.3ClH/c1-33-26-4-2-3-23(17-26)27(32)30-25-9-13-31(14-10-25)19-21-6-8-22-7-5-20(15-24(22)16-21)18-29-12-11-28;;;/h2-8,15-17,25,29H,9-14,18-19,28H2,1H3,(H,30,32);3*1H. The van der Waals surface area contributed by atoms with E-state index in [0.717, 1.165) is 45.6 Å². The highest BCUT2D eigenvalue weighted by Gasteiger charge is 2.21. The Bertz CT molecular complexity index is 1090. The van der Waals surface area contributed by atoms with Gasteiger partial charge < -0.3 is 21.1 Å². The van der Waals surface area contributed by atoms with Crippen LogP contribution in [0.2, 0.25) is 0 Å². The molecule has 0 spiro atoms. The molecule has 3 aromatic rings. The van der Waals surface area contributed by atoms with Crippen molar-refractivity contribution in [1.29, 1.82) is 0 Å². The lowest BCUT2D eigenvalue weighted by Gasteiger charge is -2.32. The fourth-order valence-electron chi connectivity index (χ4n) is 4.42. The highest BCUT2D eigenvalue weighted by Crippen LogP contribution is 2.21. The van der Waals surface area contributed by atoms with Gasteiger partial charge in [0, 0.05) is 50.9 Å². The number of methoxy groups -OCH3 is 1. The number of nitrogens with zero attached hydrogens (tertiary/aromatic N) is 1. The van der Waals surface area contributed by atoms with Crippen LogP contribution < -0.4 is 21.1 Å². The Morgan fingerprint density at radius 2 is 1.67 bits per heavy atom. The minimum Gasteiger partial charge on any atom is -0.497 e. The number of nitrogens with one attached hydrogen (secondary N) is 2. The number of hydrogen-bond acceptors (Lipinski definition) is 5. The minimum atomic E-state index is -0.0290. The molecule has 198 valence electrons. The maximum Gasteiger partial charge on any atom is 0.251 e. The summed E-state index contributed by atoms with van der Waals surface area (Å²) < 4.78 is 5.23. The molecule has 1 fully saturated rings. The third-order valence-corrected chi connectivity index (χ3v) is 6.28. The van der Waals surface area contributed by atoms with Crippen LogP contribution in [0.3, 0.4) is 0 Å². The zero-order valence-electron chi connectivity index (χ0n) is 20.6. The number of halogens is 3. The molecule has 1 heterocycles. The number of piperidine rings is 1. The number of rotatable bonds is 9. The van der Waals surface area contributed by atoms with Crippen LogP contribution in [0.1, 0.15) is 34.3 Å². The summed E-state index contributed by atoms with van der Waals surface area (Å²) in [6.07, 6.45) is 1.92. The van der Waals surface area contributed by atoms with Crippen LogP contribution in [0, 0.1) is 0 Å². The molecule has 1 aliphatic rings. The molecular weight excluding hydrogens is 519 g/mol. The van der Waals surface area contributed by atoms with E-state index in [1.807, 2.05) is 18.2 Å². The molecule has 1 amide bonds. The third kappa shape index (κ3) is 8.80. The summed E-state index contributed by atoms with van der Waals surface area (Å²) in [4.78, 5) is 15.1. The molecule has 0 aliphatic carbocycles. The van der Waals surface area contributed by atoms with Gasteiger partial charge in [-0.1, -0.05) is 30.3 Å². The van der Waals surface area contributed by atoms with Crippen LogP contribution in [0.5, 0.6) is 5.75 Å². The zero-order valence-corrected chi connectivity index (χ0v) is 23.0. The van der Waals surface area contributed by atoms with E-state index in [0.29, 0.717) is 17.9 Å². The Balaban J connectivity index is 0.00000216. The highest BCUT2D eigenvalue weighted by atomic mass is 35.5. The average Bonchev–Trinajstić information content (AvgIpc) is 2.85. The second-order valence-corrected chi connectivity index (χ2v) is 8.74. The molecule has 0 bridgehead atoms. The number of nitrogens with two attached hydrogens (primary N) is 1. The Hall–Kier alpha value is -2.06. The number of benzene rings is 3. The van der Waals surface area contributed by atoms with Crippen molar-refractivity contribution in [3.8, 4) is 5.75 Å². The van der Waals surface area contributed by atoms with Gasteiger partial charge in [0.05, 0.1) is 7.11 Å². The van der Waals surface area contributed by atoms with Crippen molar-refractivity contribution < 1.29 is 9.53 Å². The Kier molecular flexibility index (Phi) is 14.1. The third-order valence-electron chi connectivity index (χ3n) is 6.28. The predicted molar refractivity (Wildman–Crippen MR) is 155 cm³/mol. The molecule has 6 nitrogen and oxygen atoms in total. The van der Waals surface area contributed by atoms with Crippen molar-refractivity contribution in [1.82, 2.24) is 15.5 Å². The maximum atomic E-state index is 12.6. The fraction of sp³-hybridized carbons (Fsp3) is 0.370. The topological polar surface area (TPSA) is 79.6 Å². The van der Waals surface area contributed by atoms with E-state index in [1.54, 1.807) is 13.2 Å². The van der Waals surface area contributed by atoms with Crippen LogP contribution in [-0.2, 0) is 13.1 Å². The summed E-state index contributed by atoms with van der Waals surface area (Å²) in [5.41, 5.74) is 8.82. The second kappa shape index (κ2) is 15.9. The fourth-order valence-corrected chi connectivity index (χ4v) is 4.42. The lowest BCUT2D eigenvalue weighted by Crippen LogP contribution is -2.44. The summed E-state index contributed by atoms with van der Waals surface area (Å²) in [5.74, 6) is 0.672. The molecule has 1 saturated heterocycles. The number of hydrogen-bond donors (Lipinski definition) is 3. The van der Waals surface area contributed by atoms with Gasteiger partial charge in [-0.2, -0.15) is 0 Å². The Labute approximate surface area is 232 Å². The van der Waals surface area contributed by atoms with E-state index >= 15 is 0 Å². The largest absolute Gasteiger partial charge is 0.497 e. The first-order chi connectivity index (χ1) is 16.1. The smallest absolute Gasteiger partial charge is 0.251 e. The van der Waals surface area contributed by atoms with Crippen LogP contribution >= 0.6 is 37.2 Å². The summed E-state index contributed by atoms with van der Waals surface area (Å²) in [5, 5.41) is 9.09. The number of fused-ring (bicyclic) bond motifs is 1. The number of carbonyl (C=O) groups excluding carboxylic acids is 1. The van der Waals surface area contributed by atoms with Crippen molar-refractivity contribution in [2.75, 3.05) is 33.3 Å². The van der Waals surface area contributed by atoms with E-state index in [-0.39, 0.29) is 49.2 Å². The molecule has 0 aromatic heterocycles. The molecule has 0 saturated carbocycles. The molecule has 1 aliphatic heterocycles. The van der Waals surface area contributed by atoms with Crippen molar-refractivity contribution in [2.24, 2.45) is 5.73 Å². The van der Waals surface area contributed by atoms with E-state index in [9.17, 15) is 4.79 Å². The number of amides is 1. The number of carbonyl (C=O) groups is 1. The average molecular weight is 556 g/mol. The first kappa shape index (κ1) is 32.0. The molecular formula is C27H37Cl3N4O2. The van der Waals surface area contributed by atoms with Crippen LogP contribution in [0.15, 0.2) is 60.7 Å². The summed E-state index contributed by atoms with van der Waals surface area (Å²) >= 11 is 0. The minimum absolute atomic E-state index is 0. The molecule has 9 heteroatoms. The van der Waals surface area contributed by atoms with Crippen LogP contribution in [0.25, 0.3) is 10.8 Å². The second-order valence-electron chi connectivity index (χ2n) is 8.74. The summed E-state index contributed by atoms with van der Waals surface area (Å²) in [6.45, 7) is 5.20. The molecule has 36 heavy (non-hydrogen) atoms. The molecule has 3 aromatic carbocycles. The van der Waals surface area contributed by atoms with E-state index in [4.69, 9.17) is 10.5 Å². The molecule has 0 radical (unpaired) electrons. The van der Waals surface area contributed by atoms with Crippen molar-refractivity contribution in [3.63, 3.8) is 0 Å². The van der Waals surface area contributed by atoms with Gasteiger partial charge in [-0.3, -0.25) is 9.69 Å². The highest BCUT2D eigenvalue weighted by molar-refractivity contribution is 5.94. The maximum absolute atomic E-state index is 12.6. The Morgan fingerprint density at radius 3 is 2.36 bits per heavy atom. The van der Waals surface area contributed by atoms with Gasteiger partial charge in [-0.25, -0.2) is 0 Å². The number of likely N-dealkylation sites (tertiary alicyclic amines) is 1. The van der Waals surface area contributed by atoms with Crippen LogP contribution in [0.4, 0.5) is 0 Å². The number of ether oxygens (including phenoxy) is 1. The first-order valence-electron chi connectivity index (χ1n) is 11.7. The van der Waals surface area contributed by atoms with Gasteiger partial charge in [-0.15, -0.1) is 37.2 Å². The van der Waals surface area contributed by atoms with Gasteiger partial charge in [0.2, 0.25) is 0 Å². The van der Waals surface area contributed by atoms with E-state index in [2.05, 4.69) is 51.9 Å². The zero-order chi connectivity index (χ0) is 23.0. The Morgan fingerprint density at radius 1 is 0.972 bits per heavy atom. The SMILES string of the molecule is COc1cccc(C(=O)NC2CCN(Cc3ccc4ccc(CNCCN)cc4c3)CC2)c1.Cl.Cl.Cl. The molecule has 4 N–H and O–H groups in total. The van der Waals surface area contributed by atoms with Gasteiger partial charge >= 0.3 is 0 Å². The van der Waals surface area contributed by atoms with E-state index < -0.39 is 0 Å². The predicted octanol–water partition coefficient (Wildman–Crippen LogP) is 4.56. The first-order valence-corrected chi connectivity index (χ1v) is 11.7. The molecule has 4 rings (SSSR count). The normalized spacial score (nSPS) is 13.7. The lowest BCUT2D eigenvalue weighted by atomic mass is 10.0. The van der Waals surface area contributed by atoms with Crippen molar-refractivity contribution >= 4 is 53.9 Å². The van der Waals surface area contributed by atoms with Gasteiger partial charge in [0.1, 0.15) is 5.75 Å². The van der Waals surface area contributed by atoms with Gasteiger partial charge in [-0.05, 0) is 65.1 Å². The quantitative estimate of drug-likeness (QED) is 0.338. The van der Waals surface area contributed by atoms with E-state index in [1.165, 1.54) is 21.9 Å². The van der Waals surface area contributed by atoms with Gasteiger partial charge in [0.15, 0.2) is 0 Å². The van der Waals surface area contributed by atoms with Gasteiger partial charge in [0.25, 0.3) is 5.91 Å². The monoisotopic (exact) mass is 554 g/mol. The molecule has 0 unspecified atom stereocenters. The lowest BCUT2D eigenvalue weighted by molar-refractivity contribution is 0.0908.